The predicted octanol–water partition coefficient (Wildman–Crippen LogP) is 2.80. The number of benzene rings is 2. The monoisotopic (exact) mass is 352 g/mol. The second-order valence-electron chi connectivity index (χ2n) is 4.99. The van der Waals surface area contributed by atoms with E-state index >= 15 is 0 Å². The second-order valence-corrected chi connectivity index (χ2v) is 7.16. The highest BCUT2D eigenvalue weighted by molar-refractivity contribution is 7.89. The molecule has 0 aromatic heterocycles. The van der Waals surface area contributed by atoms with Gasteiger partial charge in [0, 0.05) is 31.2 Å². The lowest BCUT2D eigenvalue weighted by atomic mass is 10.2. The fraction of sp³-hybridized carbons (Fsp3) is 0.188. The largest absolute Gasteiger partial charge is 0.316 e. The molecule has 0 heterocycles. The van der Waals surface area contributed by atoms with Crippen molar-refractivity contribution in [3.8, 4) is 0 Å². The SMILES string of the molecule is CC(=O)N(C)c1ccc(S(=O)(=O)NCc2ccccc2Cl)cc1. The van der Waals surface area contributed by atoms with Gasteiger partial charge in [-0.1, -0.05) is 29.8 Å². The Bertz CT molecular complexity index is 804. The van der Waals surface area contributed by atoms with Crippen molar-refractivity contribution in [3.63, 3.8) is 0 Å². The van der Waals surface area contributed by atoms with E-state index in [4.69, 9.17) is 11.6 Å². The molecule has 0 spiro atoms. The number of carbonyl (C=O) groups is 1. The van der Waals surface area contributed by atoms with Crippen molar-refractivity contribution in [1.29, 1.82) is 0 Å². The predicted molar refractivity (Wildman–Crippen MR) is 91.0 cm³/mol. The molecule has 0 atom stereocenters. The number of sulfonamides is 1. The van der Waals surface area contributed by atoms with Gasteiger partial charge in [0.25, 0.3) is 0 Å². The molecular weight excluding hydrogens is 336 g/mol. The zero-order chi connectivity index (χ0) is 17.0. The summed E-state index contributed by atoms with van der Waals surface area (Å²) in [4.78, 5) is 12.9. The third-order valence-corrected chi connectivity index (χ3v) is 5.20. The summed E-state index contributed by atoms with van der Waals surface area (Å²) in [6.45, 7) is 1.55. The summed E-state index contributed by atoms with van der Waals surface area (Å²) in [5, 5.41) is 0.508. The summed E-state index contributed by atoms with van der Waals surface area (Å²) >= 11 is 6.01. The van der Waals surface area contributed by atoms with E-state index < -0.39 is 10.0 Å². The molecule has 0 saturated carbocycles. The molecule has 2 aromatic rings. The molecule has 23 heavy (non-hydrogen) atoms. The number of nitrogens with one attached hydrogen (secondary N) is 1. The average Bonchev–Trinajstić information content (AvgIpc) is 2.53. The van der Waals surface area contributed by atoms with Crippen LogP contribution < -0.4 is 9.62 Å². The lowest BCUT2D eigenvalue weighted by Gasteiger charge is -2.15. The Morgan fingerprint density at radius 1 is 1.13 bits per heavy atom. The van der Waals surface area contributed by atoms with Gasteiger partial charge in [0.05, 0.1) is 4.90 Å². The molecule has 0 aliphatic carbocycles. The zero-order valence-electron chi connectivity index (χ0n) is 12.8. The van der Waals surface area contributed by atoms with Crippen LogP contribution in [0.1, 0.15) is 12.5 Å². The van der Waals surface area contributed by atoms with Crippen LogP contribution in [0.15, 0.2) is 53.4 Å². The zero-order valence-corrected chi connectivity index (χ0v) is 14.4. The molecule has 122 valence electrons. The number of amides is 1. The van der Waals surface area contributed by atoms with Crippen molar-refractivity contribution >= 4 is 33.2 Å². The molecule has 0 aliphatic rings. The quantitative estimate of drug-likeness (QED) is 0.899. The second kappa shape index (κ2) is 7.12. The fourth-order valence-electron chi connectivity index (χ4n) is 1.93. The van der Waals surface area contributed by atoms with Crippen molar-refractivity contribution in [2.75, 3.05) is 11.9 Å². The third kappa shape index (κ3) is 4.31. The van der Waals surface area contributed by atoms with Crippen molar-refractivity contribution in [2.45, 2.75) is 18.4 Å². The highest BCUT2D eigenvalue weighted by atomic mass is 35.5. The number of carbonyl (C=O) groups excluding carboxylic acids is 1. The summed E-state index contributed by atoms with van der Waals surface area (Å²) in [5.74, 6) is -0.127. The Hall–Kier alpha value is -1.89. The maximum Gasteiger partial charge on any atom is 0.240 e. The van der Waals surface area contributed by atoms with Crippen LogP contribution in [0.5, 0.6) is 0 Å². The van der Waals surface area contributed by atoms with Gasteiger partial charge in [-0.15, -0.1) is 0 Å². The number of hydrogen-bond acceptors (Lipinski definition) is 3. The summed E-state index contributed by atoms with van der Waals surface area (Å²) in [6, 6.07) is 13.1. The molecule has 5 nitrogen and oxygen atoms in total. The third-order valence-electron chi connectivity index (χ3n) is 3.42. The summed E-state index contributed by atoms with van der Waals surface area (Å²) in [7, 11) is -2.02. The summed E-state index contributed by atoms with van der Waals surface area (Å²) in [5.41, 5.74) is 1.33. The van der Waals surface area contributed by atoms with Crippen LogP contribution in [0.25, 0.3) is 0 Å². The van der Waals surface area contributed by atoms with Crippen LogP contribution in [0, 0.1) is 0 Å². The normalized spacial score (nSPS) is 11.3. The number of halogens is 1. The Morgan fingerprint density at radius 2 is 1.74 bits per heavy atom. The van der Waals surface area contributed by atoms with Crippen molar-refractivity contribution in [2.24, 2.45) is 0 Å². The van der Waals surface area contributed by atoms with Gasteiger partial charge in [0.2, 0.25) is 15.9 Å². The van der Waals surface area contributed by atoms with Crippen molar-refractivity contribution in [3.05, 3.63) is 59.1 Å². The Kier molecular flexibility index (Phi) is 5.41. The first kappa shape index (κ1) is 17.5. The summed E-state index contributed by atoms with van der Waals surface area (Å²) < 4.78 is 27.1. The van der Waals surface area contributed by atoms with Crippen LogP contribution in [-0.4, -0.2) is 21.4 Å². The minimum atomic E-state index is -3.65. The topological polar surface area (TPSA) is 66.5 Å². The molecule has 0 bridgehead atoms. The molecule has 7 heteroatoms. The molecule has 1 amide bonds. The first-order chi connectivity index (χ1) is 10.8. The van der Waals surface area contributed by atoms with E-state index in [0.29, 0.717) is 16.3 Å². The Balaban J connectivity index is 2.14. The van der Waals surface area contributed by atoms with Gasteiger partial charge in [-0.05, 0) is 35.9 Å². The number of rotatable bonds is 5. The maximum absolute atomic E-state index is 12.3. The van der Waals surface area contributed by atoms with E-state index in [9.17, 15) is 13.2 Å². The average molecular weight is 353 g/mol. The molecule has 0 saturated heterocycles. The maximum atomic E-state index is 12.3. The number of hydrogen-bond donors (Lipinski definition) is 1. The van der Waals surface area contributed by atoms with Gasteiger partial charge in [-0.25, -0.2) is 13.1 Å². The molecule has 1 N–H and O–H groups in total. The van der Waals surface area contributed by atoms with Crippen LogP contribution in [0.2, 0.25) is 5.02 Å². The van der Waals surface area contributed by atoms with Gasteiger partial charge >= 0.3 is 0 Å². The highest BCUT2D eigenvalue weighted by Crippen LogP contribution is 2.19. The highest BCUT2D eigenvalue weighted by Gasteiger charge is 2.15. The van der Waals surface area contributed by atoms with Crippen LogP contribution >= 0.6 is 11.6 Å². The van der Waals surface area contributed by atoms with Crippen LogP contribution in [-0.2, 0) is 21.4 Å². The molecule has 0 fully saturated rings. The minimum absolute atomic E-state index is 0.108. The van der Waals surface area contributed by atoms with Gasteiger partial charge in [0.1, 0.15) is 0 Å². The smallest absolute Gasteiger partial charge is 0.240 e. The Labute approximate surface area is 140 Å². The van der Waals surface area contributed by atoms with E-state index in [1.54, 1.807) is 43.4 Å². The van der Waals surface area contributed by atoms with Gasteiger partial charge in [-0.3, -0.25) is 4.79 Å². The van der Waals surface area contributed by atoms with Gasteiger partial charge < -0.3 is 4.90 Å². The lowest BCUT2D eigenvalue weighted by molar-refractivity contribution is -0.116. The molecule has 0 aliphatic heterocycles. The summed E-state index contributed by atoms with van der Waals surface area (Å²) in [6.07, 6.45) is 0. The van der Waals surface area contributed by atoms with Gasteiger partial charge in [0.15, 0.2) is 0 Å². The van der Waals surface area contributed by atoms with Crippen LogP contribution in [0.4, 0.5) is 5.69 Å². The van der Waals surface area contributed by atoms with Crippen molar-refractivity contribution in [1.82, 2.24) is 4.72 Å². The van der Waals surface area contributed by atoms with Crippen LogP contribution in [0.3, 0.4) is 0 Å². The minimum Gasteiger partial charge on any atom is -0.316 e. The van der Waals surface area contributed by atoms with E-state index in [1.807, 2.05) is 0 Å². The number of anilines is 1. The van der Waals surface area contributed by atoms with Crippen molar-refractivity contribution < 1.29 is 13.2 Å². The fourth-order valence-corrected chi connectivity index (χ4v) is 3.14. The first-order valence-corrected chi connectivity index (χ1v) is 8.75. The molecular formula is C16H17ClN2O3S. The standard InChI is InChI=1S/C16H17ClN2O3S/c1-12(20)19(2)14-7-9-15(10-8-14)23(21,22)18-11-13-5-3-4-6-16(13)17/h3-10,18H,11H2,1-2H3. The lowest BCUT2D eigenvalue weighted by Crippen LogP contribution is -2.24. The molecule has 2 aromatic carbocycles. The van der Waals surface area contributed by atoms with E-state index in [2.05, 4.69) is 4.72 Å². The molecule has 0 unspecified atom stereocenters. The molecule has 2 rings (SSSR count). The van der Waals surface area contributed by atoms with E-state index in [-0.39, 0.29) is 17.3 Å². The van der Waals surface area contributed by atoms with Gasteiger partial charge in [-0.2, -0.15) is 0 Å². The van der Waals surface area contributed by atoms with E-state index in [0.717, 1.165) is 0 Å². The first-order valence-electron chi connectivity index (χ1n) is 6.88. The molecule has 0 radical (unpaired) electrons. The van der Waals surface area contributed by atoms with E-state index in [1.165, 1.54) is 24.0 Å². The number of nitrogens with zero attached hydrogens (tertiary/aromatic N) is 1. The Morgan fingerprint density at radius 3 is 2.30 bits per heavy atom.